The van der Waals surface area contributed by atoms with Crippen LogP contribution in [-0.4, -0.2) is 44.9 Å². The highest BCUT2D eigenvalue weighted by Gasteiger charge is 2.28. The number of hydrogen-bond donors (Lipinski definition) is 2. The fraction of sp³-hybridized carbons (Fsp3) is 0.421. The lowest BCUT2D eigenvalue weighted by molar-refractivity contribution is -0.143. The summed E-state index contributed by atoms with van der Waals surface area (Å²) in [6, 6.07) is 11.2. The van der Waals surface area contributed by atoms with Gasteiger partial charge in [0.1, 0.15) is 5.82 Å². The first-order valence-corrected chi connectivity index (χ1v) is 8.90. The molecule has 1 aliphatic rings. The highest BCUT2D eigenvalue weighted by Crippen LogP contribution is 2.23. The second-order valence-electron chi connectivity index (χ2n) is 6.91. The van der Waals surface area contributed by atoms with Gasteiger partial charge in [-0.2, -0.15) is 5.10 Å². The lowest BCUT2D eigenvalue weighted by Crippen LogP contribution is -2.44. The molecule has 2 amide bonds. The maximum atomic E-state index is 12.7. The van der Waals surface area contributed by atoms with Gasteiger partial charge in [-0.15, -0.1) is 0 Å². The molecule has 1 atom stereocenters. The number of carbonyl (C=O) groups is 2. The fourth-order valence-corrected chi connectivity index (χ4v) is 3.09. The largest absolute Gasteiger partial charge is 0.481 e. The van der Waals surface area contributed by atoms with Gasteiger partial charge in [-0.3, -0.25) is 10.1 Å². The third-order valence-corrected chi connectivity index (χ3v) is 4.61. The number of carboxylic acid groups (broad SMARTS) is 1. The highest BCUT2D eigenvalue weighted by atomic mass is 16.4. The smallest absolute Gasteiger partial charge is 0.323 e. The molecule has 1 aliphatic heterocycles. The van der Waals surface area contributed by atoms with Gasteiger partial charge in [-0.05, 0) is 30.9 Å². The summed E-state index contributed by atoms with van der Waals surface area (Å²) in [4.78, 5) is 25.5. The van der Waals surface area contributed by atoms with Gasteiger partial charge in [-0.1, -0.05) is 32.0 Å². The number of anilines is 1. The summed E-state index contributed by atoms with van der Waals surface area (Å²) in [6.07, 6.45) is 1.30. The molecule has 2 heterocycles. The van der Waals surface area contributed by atoms with E-state index in [1.807, 2.05) is 50.2 Å². The summed E-state index contributed by atoms with van der Waals surface area (Å²) in [7, 11) is 0. The Hall–Kier alpha value is -2.83. The van der Waals surface area contributed by atoms with Crippen LogP contribution in [0.15, 0.2) is 36.4 Å². The first kappa shape index (κ1) is 18.0. The number of nitrogens with zero attached hydrogens (tertiary/aromatic N) is 3. The average molecular weight is 356 g/mol. The monoisotopic (exact) mass is 356 g/mol. The van der Waals surface area contributed by atoms with Crippen molar-refractivity contribution in [3.8, 4) is 5.69 Å². The maximum Gasteiger partial charge on any atom is 0.323 e. The van der Waals surface area contributed by atoms with Crippen molar-refractivity contribution in [2.45, 2.75) is 32.6 Å². The Morgan fingerprint density at radius 1 is 1.27 bits per heavy atom. The number of para-hydroxylation sites is 1. The molecule has 2 N–H and O–H groups in total. The van der Waals surface area contributed by atoms with Gasteiger partial charge in [0, 0.05) is 19.2 Å². The minimum absolute atomic E-state index is 0.224. The first-order valence-electron chi connectivity index (χ1n) is 8.90. The average Bonchev–Trinajstić information content (AvgIpc) is 3.06. The van der Waals surface area contributed by atoms with Gasteiger partial charge in [-0.25, -0.2) is 9.48 Å². The van der Waals surface area contributed by atoms with E-state index in [4.69, 9.17) is 0 Å². The van der Waals surface area contributed by atoms with Crippen LogP contribution in [0, 0.1) is 5.92 Å². The number of carboxylic acids is 1. The van der Waals surface area contributed by atoms with E-state index in [2.05, 4.69) is 10.4 Å². The van der Waals surface area contributed by atoms with E-state index in [-0.39, 0.29) is 18.5 Å². The lowest BCUT2D eigenvalue weighted by atomic mass is 9.99. The van der Waals surface area contributed by atoms with E-state index in [1.54, 1.807) is 9.58 Å². The Morgan fingerprint density at radius 3 is 2.65 bits per heavy atom. The minimum Gasteiger partial charge on any atom is -0.481 e. The Balaban J connectivity index is 1.82. The number of hydrogen-bond acceptors (Lipinski definition) is 3. The Labute approximate surface area is 152 Å². The van der Waals surface area contributed by atoms with Gasteiger partial charge < -0.3 is 10.0 Å². The number of piperidine rings is 1. The standard InChI is InChI=1S/C19H24N4O3/c1-13(2)16-11-17(23(21-16)15-8-4-3-5-9-15)20-19(26)22-10-6-7-14(12-22)18(24)25/h3-5,8-9,11,13-14H,6-7,10,12H2,1-2H3,(H,20,26)(H,24,25). The maximum absolute atomic E-state index is 12.7. The van der Waals surface area contributed by atoms with E-state index >= 15 is 0 Å². The number of benzene rings is 1. The van der Waals surface area contributed by atoms with Crippen molar-refractivity contribution in [3.05, 3.63) is 42.1 Å². The summed E-state index contributed by atoms with van der Waals surface area (Å²) in [5.74, 6) is -0.539. The molecule has 1 fully saturated rings. The second kappa shape index (κ2) is 7.59. The topological polar surface area (TPSA) is 87.5 Å². The third kappa shape index (κ3) is 3.87. The number of amides is 2. The molecular formula is C19H24N4O3. The SMILES string of the molecule is CC(C)c1cc(NC(=O)N2CCCC(C(=O)O)C2)n(-c2ccccc2)n1. The third-order valence-electron chi connectivity index (χ3n) is 4.61. The molecule has 7 heteroatoms. The van der Waals surface area contributed by atoms with Crippen molar-refractivity contribution in [2.75, 3.05) is 18.4 Å². The van der Waals surface area contributed by atoms with Crippen LogP contribution in [0.1, 0.15) is 38.3 Å². The summed E-state index contributed by atoms with van der Waals surface area (Å²) >= 11 is 0. The molecule has 1 saturated heterocycles. The summed E-state index contributed by atoms with van der Waals surface area (Å²) < 4.78 is 1.71. The van der Waals surface area contributed by atoms with Crippen LogP contribution in [0.4, 0.5) is 10.6 Å². The van der Waals surface area contributed by atoms with Crippen LogP contribution in [0.25, 0.3) is 5.69 Å². The summed E-state index contributed by atoms with van der Waals surface area (Å²) in [5.41, 5.74) is 1.74. The molecule has 7 nitrogen and oxygen atoms in total. The van der Waals surface area contributed by atoms with Crippen LogP contribution >= 0.6 is 0 Å². The molecule has 138 valence electrons. The van der Waals surface area contributed by atoms with E-state index in [1.165, 1.54) is 0 Å². The van der Waals surface area contributed by atoms with E-state index in [0.29, 0.717) is 25.2 Å². The first-order chi connectivity index (χ1) is 12.5. The molecule has 1 unspecified atom stereocenters. The van der Waals surface area contributed by atoms with Gasteiger partial charge in [0.15, 0.2) is 0 Å². The number of aliphatic carboxylic acids is 1. The van der Waals surface area contributed by atoms with Crippen molar-refractivity contribution >= 4 is 17.8 Å². The van der Waals surface area contributed by atoms with Crippen molar-refractivity contribution < 1.29 is 14.7 Å². The molecule has 0 aliphatic carbocycles. The second-order valence-corrected chi connectivity index (χ2v) is 6.91. The zero-order valence-electron chi connectivity index (χ0n) is 15.1. The van der Waals surface area contributed by atoms with Crippen LogP contribution < -0.4 is 5.32 Å². The molecule has 2 aromatic rings. The van der Waals surface area contributed by atoms with E-state index in [0.717, 1.165) is 11.4 Å². The van der Waals surface area contributed by atoms with Crippen LogP contribution in [0.2, 0.25) is 0 Å². The zero-order chi connectivity index (χ0) is 18.7. The number of aromatic nitrogens is 2. The number of carbonyl (C=O) groups excluding carboxylic acids is 1. The highest BCUT2D eigenvalue weighted by molar-refractivity contribution is 5.89. The van der Waals surface area contributed by atoms with Crippen LogP contribution in [-0.2, 0) is 4.79 Å². The normalized spacial score (nSPS) is 17.3. The molecular weight excluding hydrogens is 332 g/mol. The Kier molecular flexibility index (Phi) is 5.25. The van der Waals surface area contributed by atoms with Crippen molar-refractivity contribution in [2.24, 2.45) is 5.92 Å². The Bertz CT molecular complexity index is 785. The predicted molar refractivity (Wildman–Crippen MR) is 98.6 cm³/mol. The van der Waals surface area contributed by atoms with Crippen LogP contribution in [0.3, 0.4) is 0 Å². The Morgan fingerprint density at radius 2 is 2.00 bits per heavy atom. The molecule has 0 bridgehead atoms. The molecule has 3 rings (SSSR count). The number of urea groups is 1. The number of nitrogens with one attached hydrogen (secondary N) is 1. The lowest BCUT2D eigenvalue weighted by Gasteiger charge is -2.30. The zero-order valence-corrected chi connectivity index (χ0v) is 15.1. The summed E-state index contributed by atoms with van der Waals surface area (Å²) in [6.45, 7) is 4.89. The molecule has 1 aromatic carbocycles. The quantitative estimate of drug-likeness (QED) is 0.880. The minimum atomic E-state index is -0.848. The van der Waals surface area contributed by atoms with Crippen molar-refractivity contribution in [1.82, 2.24) is 14.7 Å². The summed E-state index contributed by atoms with van der Waals surface area (Å²) in [5, 5.41) is 16.7. The molecule has 0 radical (unpaired) electrons. The van der Waals surface area contributed by atoms with Gasteiger partial charge in [0.05, 0.1) is 17.3 Å². The van der Waals surface area contributed by atoms with Crippen molar-refractivity contribution in [1.29, 1.82) is 0 Å². The molecule has 0 saturated carbocycles. The van der Waals surface area contributed by atoms with Gasteiger partial charge in [0.2, 0.25) is 0 Å². The van der Waals surface area contributed by atoms with Gasteiger partial charge in [0.25, 0.3) is 0 Å². The predicted octanol–water partition coefficient (Wildman–Crippen LogP) is 3.32. The molecule has 26 heavy (non-hydrogen) atoms. The molecule has 1 aromatic heterocycles. The van der Waals surface area contributed by atoms with E-state index < -0.39 is 11.9 Å². The number of rotatable bonds is 4. The molecule has 0 spiro atoms. The van der Waals surface area contributed by atoms with Gasteiger partial charge >= 0.3 is 12.0 Å². The van der Waals surface area contributed by atoms with Crippen LogP contribution in [0.5, 0.6) is 0 Å². The van der Waals surface area contributed by atoms with Crippen molar-refractivity contribution in [3.63, 3.8) is 0 Å². The number of likely N-dealkylation sites (tertiary alicyclic amines) is 1. The van der Waals surface area contributed by atoms with E-state index in [9.17, 15) is 14.7 Å². The fourth-order valence-electron chi connectivity index (χ4n) is 3.09.